The Morgan fingerprint density at radius 2 is 1.43 bits per heavy atom. The lowest BCUT2D eigenvalue weighted by Gasteiger charge is -2.28. The molecule has 0 amide bonds. The van der Waals surface area contributed by atoms with Crippen molar-refractivity contribution in [3.8, 4) is 16.8 Å². The van der Waals surface area contributed by atoms with Crippen LogP contribution in [0.15, 0.2) is 163 Å². The van der Waals surface area contributed by atoms with Crippen LogP contribution in [0.1, 0.15) is 41.5 Å². The van der Waals surface area contributed by atoms with Gasteiger partial charge in [-0.15, -0.1) is 0 Å². The van der Waals surface area contributed by atoms with E-state index in [4.69, 9.17) is 0 Å². The van der Waals surface area contributed by atoms with Crippen LogP contribution in [-0.2, 0) is 5.41 Å². The van der Waals surface area contributed by atoms with Gasteiger partial charge in [0.15, 0.2) is 0 Å². The molecule has 0 spiro atoms. The minimum atomic E-state index is -0.250. The lowest BCUT2D eigenvalue weighted by molar-refractivity contribution is 0.714. The molecule has 218 valence electrons. The zero-order valence-corrected chi connectivity index (χ0v) is 25.7. The summed E-state index contributed by atoms with van der Waals surface area (Å²) >= 11 is 0. The van der Waals surface area contributed by atoms with Gasteiger partial charge in [0.1, 0.15) is 0 Å². The topological polar surface area (TPSA) is 8.17 Å². The second kappa shape index (κ2) is 9.45. The van der Waals surface area contributed by atoms with Crippen LogP contribution in [-0.4, -0.2) is 4.57 Å². The molecule has 0 fully saturated rings. The van der Waals surface area contributed by atoms with E-state index in [2.05, 4.69) is 174 Å². The van der Waals surface area contributed by atoms with Crippen LogP contribution >= 0.6 is 0 Å². The van der Waals surface area contributed by atoms with Gasteiger partial charge in [-0.3, -0.25) is 0 Å². The van der Waals surface area contributed by atoms with E-state index in [1.807, 2.05) is 0 Å². The molecule has 3 aliphatic rings. The van der Waals surface area contributed by atoms with Crippen LogP contribution in [0.5, 0.6) is 0 Å². The van der Waals surface area contributed by atoms with Gasteiger partial charge in [-0.05, 0) is 77.6 Å². The Morgan fingerprint density at radius 1 is 0.652 bits per heavy atom. The average Bonchev–Trinajstić information content (AvgIpc) is 3.73. The van der Waals surface area contributed by atoms with Crippen LogP contribution in [0.25, 0.3) is 38.6 Å². The van der Waals surface area contributed by atoms with E-state index in [0.717, 1.165) is 6.42 Å². The average molecular weight is 589 g/mol. The zero-order valence-electron chi connectivity index (χ0n) is 25.7. The Balaban J connectivity index is 1.27. The Kier molecular flexibility index (Phi) is 5.28. The highest BCUT2D eigenvalue weighted by Gasteiger charge is 2.42. The molecule has 2 heteroatoms. The number of nitrogens with zero attached hydrogens (tertiary/aromatic N) is 2. The van der Waals surface area contributed by atoms with Gasteiger partial charge in [-0.2, -0.15) is 0 Å². The molecule has 6 aromatic carbocycles. The molecule has 0 N–H and O–H groups in total. The van der Waals surface area contributed by atoms with Crippen molar-refractivity contribution in [2.24, 2.45) is 0 Å². The summed E-state index contributed by atoms with van der Waals surface area (Å²) in [4.78, 5) is 2.48. The maximum atomic E-state index is 2.52. The first kappa shape index (κ1) is 25.7. The summed E-state index contributed by atoms with van der Waals surface area (Å²) in [5.74, 6) is 0.397. The quantitative estimate of drug-likeness (QED) is 0.199. The number of fused-ring (bicyclic) bond motifs is 10. The maximum absolute atomic E-state index is 2.52. The third-order valence-electron chi connectivity index (χ3n) is 10.8. The van der Waals surface area contributed by atoms with E-state index >= 15 is 0 Å². The molecular weight excluding hydrogens is 556 g/mol. The molecule has 7 aromatic rings. The van der Waals surface area contributed by atoms with Crippen molar-refractivity contribution >= 4 is 33.2 Å². The van der Waals surface area contributed by atoms with Crippen molar-refractivity contribution in [2.45, 2.75) is 24.7 Å². The largest absolute Gasteiger partial charge is 0.313 e. The van der Waals surface area contributed by atoms with Crippen molar-refractivity contribution < 1.29 is 0 Å². The Bertz CT molecular complexity index is 2420. The van der Waals surface area contributed by atoms with Crippen LogP contribution in [0.3, 0.4) is 0 Å². The molecule has 0 bridgehead atoms. The number of aromatic nitrogens is 1. The maximum Gasteiger partial charge on any atom is 0.0622 e. The normalized spacial score (nSPS) is 19.2. The highest BCUT2D eigenvalue weighted by molar-refractivity contribution is 6.16. The second-order valence-electron chi connectivity index (χ2n) is 13.0. The van der Waals surface area contributed by atoms with E-state index in [9.17, 15) is 0 Å². The summed E-state index contributed by atoms with van der Waals surface area (Å²) in [7, 11) is 0. The molecule has 2 heterocycles. The van der Waals surface area contributed by atoms with E-state index in [1.165, 1.54) is 77.9 Å². The minimum Gasteiger partial charge on any atom is -0.313 e. The van der Waals surface area contributed by atoms with Crippen LogP contribution < -0.4 is 4.90 Å². The number of hydrogen-bond donors (Lipinski definition) is 0. The minimum absolute atomic E-state index is 0.250. The predicted octanol–water partition coefficient (Wildman–Crippen LogP) is 11.2. The summed E-state index contributed by atoms with van der Waals surface area (Å²) in [5, 5.41) is 2.57. The number of para-hydroxylation sites is 2. The first-order valence-corrected chi connectivity index (χ1v) is 16.3. The first-order valence-electron chi connectivity index (χ1n) is 16.3. The summed E-state index contributed by atoms with van der Waals surface area (Å²) in [5.41, 5.74) is 15.4. The molecule has 0 saturated carbocycles. The number of anilines is 2. The fourth-order valence-corrected chi connectivity index (χ4v) is 8.70. The Morgan fingerprint density at radius 3 is 2.37 bits per heavy atom. The van der Waals surface area contributed by atoms with Gasteiger partial charge in [-0.1, -0.05) is 121 Å². The van der Waals surface area contributed by atoms with Gasteiger partial charge < -0.3 is 9.47 Å². The van der Waals surface area contributed by atoms with Crippen molar-refractivity contribution in [1.29, 1.82) is 0 Å². The Labute approximate surface area is 269 Å². The van der Waals surface area contributed by atoms with Gasteiger partial charge in [0.05, 0.1) is 11.0 Å². The summed E-state index contributed by atoms with van der Waals surface area (Å²) in [6.45, 7) is 2.40. The lowest BCUT2D eigenvalue weighted by atomic mass is 9.74. The summed E-state index contributed by atoms with van der Waals surface area (Å²) in [6.07, 6.45) is 7.85. The van der Waals surface area contributed by atoms with E-state index < -0.39 is 0 Å². The number of hydrogen-bond acceptors (Lipinski definition) is 1. The standard InChI is InChI=1S/C44H32N2/c1-44(29-14-3-2-4-15-29)37-22-9-5-21-36(37)42-38(44)27-26-35-34-20-8-12-25-41(34)46(43(35)42)31-17-13-16-30(28-31)45-39-23-10-6-18-32(39)33-19-7-11-24-40(33)45/h2-18,20-28,33H,19H2,1H3. The van der Waals surface area contributed by atoms with Gasteiger partial charge in [0.2, 0.25) is 0 Å². The highest BCUT2D eigenvalue weighted by atomic mass is 15.2. The molecule has 2 aliphatic carbocycles. The van der Waals surface area contributed by atoms with Crippen LogP contribution in [0, 0.1) is 0 Å². The third-order valence-corrected chi connectivity index (χ3v) is 10.8. The van der Waals surface area contributed by atoms with Crippen molar-refractivity contribution in [3.63, 3.8) is 0 Å². The molecule has 2 nitrogen and oxygen atoms in total. The van der Waals surface area contributed by atoms with E-state index in [-0.39, 0.29) is 5.41 Å². The molecular formula is C44H32N2. The molecule has 10 rings (SSSR count). The molecule has 1 aliphatic heterocycles. The van der Waals surface area contributed by atoms with Gasteiger partial charge in [0.25, 0.3) is 0 Å². The van der Waals surface area contributed by atoms with Crippen LogP contribution in [0.2, 0.25) is 0 Å². The lowest BCUT2D eigenvalue weighted by Crippen LogP contribution is -2.22. The van der Waals surface area contributed by atoms with E-state index in [1.54, 1.807) is 0 Å². The molecule has 1 aromatic heterocycles. The smallest absolute Gasteiger partial charge is 0.0622 e. The Hall–Kier alpha value is -5.60. The van der Waals surface area contributed by atoms with E-state index in [0.29, 0.717) is 5.92 Å². The third kappa shape index (κ3) is 3.31. The molecule has 2 unspecified atom stereocenters. The number of benzene rings is 6. The zero-order chi connectivity index (χ0) is 30.4. The number of rotatable bonds is 3. The molecule has 46 heavy (non-hydrogen) atoms. The van der Waals surface area contributed by atoms with Crippen molar-refractivity contribution in [2.75, 3.05) is 4.90 Å². The summed E-state index contributed by atoms with van der Waals surface area (Å²) < 4.78 is 2.52. The second-order valence-corrected chi connectivity index (χ2v) is 13.0. The first-order chi connectivity index (χ1) is 22.7. The predicted molar refractivity (Wildman–Crippen MR) is 191 cm³/mol. The fourth-order valence-electron chi connectivity index (χ4n) is 8.70. The summed E-state index contributed by atoms with van der Waals surface area (Å²) in [6, 6.07) is 51.8. The van der Waals surface area contributed by atoms with Crippen molar-refractivity contribution in [3.05, 3.63) is 186 Å². The SMILES string of the molecule is CC1(c2ccccc2)c2ccccc2-c2c1ccc1c3ccccc3n(-c3cccc(N4C5=CC=CCC5c5ccccc54)c3)c21. The molecule has 2 atom stereocenters. The van der Waals surface area contributed by atoms with Crippen LogP contribution in [0.4, 0.5) is 11.4 Å². The molecule has 0 radical (unpaired) electrons. The van der Waals surface area contributed by atoms with Gasteiger partial charge >= 0.3 is 0 Å². The molecule has 0 saturated heterocycles. The monoisotopic (exact) mass is 588 g/mol. The fraction of sp³-hybridized carbons (Fsp3) is 0.0909. The highest BCUT2D eigenvalue weighted by Crippen LogP contribution is 2.56. The van der Waals surface area contributed by atoms with Gasteiger partial charge in [0, 0.05) is 50.4 Å². The van der Waals surface area contributed by atoms with Crippen molar-refractivity contribution in [1.82, 2.24) is 4.57 Å². The van der Waals surface area contributed by atoms with Gasteiger partial charge in [-0.25, -0.2) is 0 Å². The number of allylic oxidation sites excluding steroid dienone is 4.